The molecule has 0 aliphatic heterocycles. The van der Waals surface area contributed by atoms with Gasteiger partial charge in [-0.1, -0.05) is 78.1 Å². The van der Waals surface area contributed by atoms with Gasteiger partial charge in [0.15, 0.2) is 0 Å². The van der Waals surface area contributed by atoms with E-state index < -0.39 is 5.97 Å². The van der Waals surface area contributed by atoms with Crippen molar-refractivity contribution in [1.82, 2.24) is 4.90 Å². The highest BCUT2D eigenvalue weighted by molar-refractivity contribution is 5.73. The zero-order valence-corrected chi connectivity index (χ0v) is 16.1. The molecule has 23 heavy (non-hydrogen) atoms. The maximum Gasteiger partial charge on any atom is 0.320 e. The first kappa shape index (κ1) is 24.6. The monoisotopic (exact) mass is 330 g/mol. The van der Waals surface area contributed by atoms with Crippen LogP contribution in [0.25, 0.3) is 0 Å². The lowest BCUT2D eigenvalue weighted by Gasteiger charge is -2.18. The normalized spacial score (nSPS) is 11.9. The average Bonchev–Trinajstić information content (AvgIpc) is 2.51. The maximum absolute atomic E-state index is 10.5. The number of nitrogens with zero attached hydrogens (tertiary/aromatic N) is 1. The van der Waals surface area contributed by atoms with Crippen molar-refractivity contribution in [3.05, 3.63) is 0 Å². The largest absolute Gasteiger partial charge is 0.480 e. The van der Waals surface area contributed by atoms with Crippen molar-refractivity contribution in [3.8, 4) is 0 Å². The van der Waals surface area contributed by atoms with Gasteiger partial charge in [-0.15, -0.1) is 0 Å². The van der Waals surface area contributed by atoms with E-state index in [-0.39, 0.29) is 6.04 Å². The fourth-order valence-electron chi connectivity index (χ4n) is 2.51. The highest BCUT2D eigenvalue weighted by Crippen LogP contribution is 2.09. The summed E-state index contributed by atoms with van der Waals surface area (Å²) in [6.07, 6.45) is 15.6. The summed E-state index contributed by atoms with van der Waals surface area (Å²) in [4.78, 5) is 12.2. The molecule has 0 aliphatic rings. The van der Waals surface area contributed by atoms with Crippen molar-refractivity contribution in [3.63, 3.8) is 0 Å². The Morgan fingerprint density at radius 3 is 1.57 bits per heavy atom. The predicted molar refractivity (Wildman–Crippen MR) is 101 cm³/mol. The minimum absolute atomic E-state index is 0.315. The molecule has 0 heterocycles. The predicted octanol–water partition coefficient (Wildman–Crippen LogP) is 4.67. The number of carbonyl (C=O) groups is 1. The van der Waals surface area contributed by atoms with Crippen LogP contribution in [0.2, 0.25) is 0 Å². The van der Waals surface area contributed by atoms with Crippen molar-refractivity contribution in [2.75, 3.05) is 20.6 Å². The molecule has 0 saturated heterocycles. The number of hydrogen-bond donors (Lipinski definition) is 2. The van der Waals surface area contributed by atoms with Gasteiger partial charge in [0.2, 0.25) is 0 Å². The summed E-state index contributed by atoms with van der Waals surface area (Å²) in [7, 11) is 3.57. The van der Waals surface area contributed by atoms with E-state index in [1.807, 2.05) is 6.92 Å². The van der Waals surface area contributed by atoms with Gasteiger partial charge in [-0.3, -0.25) is 9.69 Å². The second-order valence-electron chi connectivity index (χ2n) is 6.58. The Morgan fingerprint density at radius 2 is 1.30 bits per heavy atom. The Kier molecular flexibility index (Phi) is 20.8. The van der Waals surface area contributed by atoms with Gasteiger partial charge in [0, 0.05) is 0 Å². The van der Waals surface area contributed by atoms with E-state index in [0.717, 1.165) is 19.4 Å². The summed E-state index contributed by atoms with van der Waals surface area (Å²) in [5.74, 6) is -0.730. The number of rotatable bonds is 14. The summed E-state index contributed by atoms with van der Waals surface area (Å²) in [6, 6.07) is -0.315. The van der Waals surface area contributed by atoms with E-state index in [9.17, 15) is 4.79 Å². The van der Waals surface area contributed by atoms with Crippen LogP contribution in [-0.4, -0.2) is 42.7 Å². The molecule has 0 bridgehead atoms. The number of likely N-dealkylation sites (N-methyl/N-ethyl adjacent to an activating group) is 1. The van der Waals surface area contributed by atoms with Gasteiger partial charge < -0.3 is 10.8 Å². The molecule has 0 saturated carbocycles. The van der Waals surface area contributed by atoms with Gasteiger partial charge in [-0.05, 0) is 33.5 Å². The smallest absolute Gasteiger partial charge is 0.320 e. The molecule has 0 amide bonds. The first-order valence-corrected chi connectivity index (χ1v) is 9.60. The molecule has 3 N–H and O–H groups in total. The molecule has 0 aromatic heterocycles. The molecule has 0 spiro atoms. The van der Waals surface area contributed by atoms with Crippen LogP contribution in [0.4, 0.5) is 0 Å². The van der Waals surface area contributed by atoms with Gasteiger partial charge in [-0.25, -0.2) is 0 Å². The minimum atomic E-state index is -0.730. The topological polar surface area (TPSA) is 66.6 Å². The van der Waals surface area contributed by atoms with E-state index in [1.165, 1.54) is 64.2 Å². The van der Waals surface area contributed by atoms with Crippen molar-refractivity contribution < 1.29 is 9.90 Å². The van der Waals surface area contributed by atoms with Crippen molar-refractivity contribution in [2.24, 2.45) is 5.73 Å². The van der Waals surface area contributed by atoms with E-state index in [4.69, 9.17) is 10.8 Å². The quantitative estimate of drug-likeness (QED) is 0.454. The zero-order chi connectivity index (χ0) is 17.9. The van der Waals surface area contributed by atoms with Crippen LogP contribution >= 0.6 is 0 Å². The first-order chi connectivity index (χ1) is 11.0. The summed E-state index contributed by atoms with van der Waals surface area (Å²) in [6.45, 7) is 5.13. The first-order valence-electron chi connectivity index (χ1n) is 9.60. The second kappa shape index (κ2) is 19.4. The van der Waals surface area contributed by atoms with Crippen LogP contribution in [0.1, 0.15) is 90.9 Å². The Balaban J connectivity index is 0. The molecule has 0 radical (unpaired) electrons. The van der Waals surface area contributed by atoms with Gasteiger partial charge in [0.1, 0.15) is 6.04 Å². The fourth-order valence-corrected chi connectivity index (χ4v) is 2.51. The number of unbranched alkanes of at least 4 members (excludes halogenated alkanes) is 9. The third-order valence-electron chi connectivity index (χ3n) is 4.03. The third-order valence-corrected chi connectivity index (χ3v) is 4.03. The molecular formula is C19H42N2O2. The third kappa shape index (κ3) is 19.3. The van der Waals surface area contributed by atoms with Crippen LogP contribution < -0.4 is 5.73 Å². The number of carboxylic acid groups (broad SMARTS) is 1. The van der Waals surface area contributed by atoms with Crippen molar-refractivity contribution in [2.45, 2.75) is 96.9 Å². The molecule has 1 unspecified atom stereocenters. The van der Waals surface area contributed by atoms with E-state index in [1.54, 1.807) is 19.0 Å². The standard InChI is InChI=1S/C12H27N.C7H15NO2/c1-2-3-4-5-6-7-8-9-10-11-12-13;1-4-5-6(7(9)10)8(2)3/h2-13H2,1H3;6H,4-5H2,1-3H3,(H,9,10). The maximum atomic E-state index is 10.5. The second-order valence-corrected chi connectivity index (χ2v) is 6.58. The van der Waals surface area contributed by atoms with Crippen molar-refractivity contribution in [1.29, 1.82) is 0 Å². The molecule has 4 heteroatoms. The van der Waals surface area contributed by atoms with Crippen LogP contribution in [0, 0.1) is 0 Å². The molecule has 0 fully saturated rings. The molecule has 0 aromatic carbocycles. The lowest BCUT2D eigenvalue weighted by Crippen LogP contribution is -2.35. The Hall–Kier alpha value is -0.610. The molecule has 4 nitrogen and oxygen atoms in total. The summed E-state index contributed by atoms with van der Waals surface area (Å²) in [5.41, 5.74) is 5.42. The molecule has 0 rings (SSSR count). The van der Waals surface area contributed by atoms with E-state index in [0.29, 0.717) is 0 Å². The van der Waals surface area contributed by atoms with Gasteiger partial charge in [0.25, 0.3) is 0 Å². The molecule has 140 valence electrons. The SMILES string of the molecule is CCCC(C(=O)O)N(C)C.CCCCCCCCCCCCN. The molecular weight excluding hydrogens is 288 g/mol. The summed E-state index contributed by atoms with van der Waals surface area (Å²) < 4.78 is 0. The Bertz CT molecular complexity index is 236. The number of carboxylic acids is 1. The highest BCUT2D eigenvalue weighted by atomic mass is 16.4. The van der Waals surface area contributed by atoms with E-state index in [2.05, 4.69) is 6.92 Å². The summed E-state index contributed by atoms with van der Waals surface area (Å²) in [5, 5.41) is 8.63. The average molecular weight is 331 g/mol. The Labute approximate surface area is 144 Å². The van der Waals surface area contributed by atoms with Gasteiger partial charge >= 0.3 is 5.97 Å². The fraction of sp³-hybridized carbons (Fsp3) is 0.947. The number of hydrogen-bond acceptors (Lipinski definition) is 3. The lowest BCUT2D eigenvalue weighted by molar-refractivity contribution is -0.142. The number of aliphatic carboxylic acids is 1. The number of nitrogens with two attached hydrogens (primary N) is 1. The molecule has 0 aromatic rings. The Morgan fingerprint density at radius 1 is 0.870 bits per heavy atom. The van der Waals surface area contributed by atoms with E-state index >= 15 is 0 Å². The molecule has 1 atom stereocenters. The zero-order valence-electron chi connectivity index (χ0n) is 16.1. The van der Waals surface area contributed by atoms with Gasteiger partial charge in [0.05, 0.1) is 0 Å². The minimum Gasteiger partial charge on any atom is -0.480 e. The summed E-state index contributed by atoms with van der Waals surface area (Å²) >= 11 is 0. The van der Waals surface area contributed by atoms with Crippen LogP contribution in [-0.2, 0) is 4.79 Å². The van der Waals surface area contributed by atoms with Crippen LogP contribution in [0.3, 0.4) is 0 Å². The van der Waals surface area contributed by atoms with Crippen LogP contribution in [0.5, 0.6) is 0 Å². The van der Waals surface area contributed by atoms with Crippen LogP contribution in [0.15, 0.2) is 0 Å². The lowest BCUT2D eigenvalue weighted by atomic mass is 10.1. The van der Waals surface area contributed by atoms with Crippen molar-refractivity contribution >= 4 is 5.97 Å². The van der Waals surface area contributed by atoms with Gasteiger partial charge in [-0.2, -0.15) is 0 Å². The molecule has 0 aliphatic carbocycles. The highest BCUT2D eigenvalue weighted by Gasteiger charge is 2.17.